The number of aryl methyl sites for hydroxylation is 1. The van der Waals surface area contributed by atoms with Crippen molar-refractivity contribution in [1.82, 2.24) is 4.90 Å². The molecule has 3 rings (SSSR count). The molecule has 1 saturated carbocycles. The molecule has 3 atom stereocenters. The van der Waals surface area contributed by atoms with E-state index in [0.717, 1.165) is 31.1 Å². The summed E-state index contributed by atoms with van der Waals surface area (Å²) in [5, 5.41) is 0. The lowest BCUT2D eigenvalue weighted by Crippen LogP contribution is -2.30. The molecule has 0 spiro atoms. The number of rotatable bonds is 2. The first-order chi connectivity index (χ1) is 8.63. The molecule has 2 nitrogen and oxygen atoms in total. The SMILES string of the molecule is Cc1cc(F)ccc1CN1CC2CCC(N)C2C1. The van der Waals surface area contributed by atoms with E-state index in [9.17, 15) is 4.39 Å². The minimum atomic E-state index is -0.142. The molecular weight excluding hydrogens is 227 g/mol. The van der Waals surface area contributed by atoms with Crippen molar-refractivity contribution in [2.75, 3.05) is 13.1 Å². The van der Waals surface area contributed by atoms with Crippen molar-refractivity contribution in [3.8, 4) is 0 Å². The second-order valence-electron chi connectivity index (χ2n) is 5.93. The fourth-order valence-electron chi connectivity index (χ4n) is 3.61. The minimum absolute atomic E-state index is 0.142. The van der Waals surface area contributed by atoms with Crippen LogP contribution in [0.15, 0.2) is 18.2 Å². The highest BCUT2D eigenvalue weighted by atomic mass is 19.1. The van der Waals surface area contributed by atoms with Crippen LogP contribution in [0, 0.1) is 24.6 Å². The fourth-order valence-corrected chi connectivity index (χ4v) is 3.61. The molecule has 3 unspecified atom stereocenters. The van der Waals surface area contributed by atoms with Gasteiger partial charge in [-0.2, -0.15) is 0 Å². The first kappa shape index (κ1) is 12.1. The van der Waals surface area contributed by atoms with Crippen LogP contribution >= 0.6 is 0 Å². The number of fused-ring (bicyclic) bond motifs is 1. The molecule has 1 aliphatic carbocycles. The summed E-state index contributed by atoms with van der Waals surface area (Å²) in [6, 6.07) is 5.50. The Morgan fingerprint density at radius 1 is 1.33 bits per heavy atom. The van der Waals surface area contributed by atoms with E-state index in [1.807, 2.05) is 13.0 Å². The topological polar surface area (TPSA) is 29.3 Å². The van der Waals surface area contributed by atoms with E-state index >= 15 is 0 Å². The smallest absolute Gasteiger partial charge is 0.123 e. The molecule has 1 heterocycles. The van der Waals surface area contributed by atoms with Crippen LogP contribution in [0.3, 0.4) is 0 Å². The van der Waals surface area contributed by atoms with Gasteiger partial charge in [0, 0.05) is 25.7 Å². The number of nitrogens with zero attached hydrogens (tertiary/aromatic N) is 1. The zero-order valence-electron chi connectivity index (χ0n) is 10.9. The van der Waals surface area contributed by atoms with Crippen molar-refractivity contribution in [2.24, 2.45) is 17.6 Å². The maximum Gasteiger partial charge on any atom is 0.123 e. The van der Waals surface area contributed by atoms with Gasteiger partial charge >= 0.3 is 0 Å². The molecule has 1 aromatic carbocycles. The van der Waals surface area contributed by atoms with Gasteiger partial charge in [-0.15, -0.1) is 0 Å². The van der Waals surface area contributed by atoms with Gasteiger partial charge in [-0.05, 0) is 54.9 Å². The summed E-state index contributed by atoms with van der Waals surface area (Å²) in [5.41, 5.74) is 8.44. The van der Waals surface area contributed by atoms with Crippen LogP contribution in [0.1, 0.15) is 24.0 Å². The number of likely N-dealkylation sites (tertiary alicyclic amines) is 1. The summed E-state index contributed by atoms with van der Waals surface area (Å²) in [7, 11) is 0. The standard InChI is InChI=1S/C15H21FN2/c1-10-6-13(16)4-2-11(10)7-18-8-12-3-5-15(17)14(12)9-18/h2,4,6,12,14-15H,3,5,7-9,17H2,1H3. The van der Waals surface area contributed by atoms with Crippen LogP contribution in [0.5, 0.6) is 0 Å². The van der Waals surface area contributed by atoms with Crippen LogP contribution < -0.4 is 5.73 Å². The zero-order chi connectivity index (χ0) is 12.7. The summed E-state index contributed by atoms with van der Waals surface area (Å²) < 4.78 is 13.1. The Balaban J connectivity index is 1.68. The van der Waals surface area contributed by atoms with E-state index in [1.54, 1.807) is 12.1 Å². The summed E-state index contributed by atoms with van der Waals surface area (Å²) >= 11 is 0. The third-order valence-corrected chi connectivity index (χ3v) is 4.69. The molecule has 0 amide bonds. The minimum Gasteiger partial charge on any atom is -0.327 e. The average molecular weight is 248 g/mol. The molecule has 0 radical (unpaired) electrons. The molecule has 2 fully saturated rings. The Morgan fingerprint density at radius 2 is 2.17 bits per heavy atom. The third kappa shape index (κ3) is 2.17. The van der Waals surface area contributed by atoms with E-state index < -0.39 is 0 Å². The van der Waals surface area contributed by atoms with Crippen molar-refractivity contribution >= 4 is 0 Å². The van der Waals surface area contributed by atoms with Gasteiger partial charge in [-0.1, -0.05) is 6.07 Å². The van der Waals surface area contributed by atoms with Crippen LogP contribution in [0.25, 0.3) is 0 Å². The van der Waals surface area contributed by atoms with Gasteiger partial charge in [0.25, 0.3) is 0 Å². The first-order valence-corrected chi connectivity index (χ1v) is 6.86. The molecule has 1 saturated heterocycles. The van der Waals surface area contributed by atoms with Crippen LogP contribution in [0.2, 0.25) is 0 Å². The van der Waals surface area contributed by atoms with Crippen LogP contribution in [-0.4, -0.2) is 24.0 Å². The molecule has 2 aliphatic rings. The Labute approximate surface area is 108 Å². The summed E-state index contributed by atoms with van der Waals surface area (Å²) in [4.78, 5) is 2.48. The fraction of sp³-hybridized carbons (Fsp3) is 0.600. The lowest BCUT2D eigenvalue weighted by Gasteiger charge is -2.19. The van der Waals surface area contributed by atoms with Crippen LogP contribution in [0.4, 0.5) is 4.39 Å². The van der Waals surface area contributed by atoms with E-state index in [0.29, 0.717) is 12.0 Å². The predicted octanol–water partition coefficient (Wildman–Crippen LogP) is 2.30. The van der Waals surface area contributed by atoms with E-state index in [4.69, 9.17) is 5.73 Å². The second-order valence-corrected chi connectivity index (χ2v) is 5.93. The number of halogens is 1. The van der Waals surface area contributed by atoms with Gasteiger partial charge in [-0.25, -0.2) is 4.39 Å². The molecular formula is C15H21FN2. The zero-order valence-corrected chi connectivity index (χ0v) is 10.9. The molecule has 98 valence electrons. The summed E-state index contributed by atoms with van der Waals surface area (Å²) in [6.07, 6.45) is 2.48. The van der Waals surface area contributed by atoms with Crippen molar-refractivity contribution in [3.63, 3.8) is 0 Å². The van der Waals surface area contributed by atoms with Crippen molar-refractivity contribution in [3.05, 3.63) is 35.1 Å². The van der Waals surface area contributed by atoms with E-state index in [-0.39, 0.29) is 5.82 Å². The molecule has 0 aromatic heterocycles. The third-order valence-electron chi connectivity index (χ3n) is 4.69. The maximum absolute atomic E-state index is 13.1. The van der Waals surface area contributed by atoms with Crippen molar-refractivity contribution in [2.45, 2.75) is 32.4 Å². The Morgan fingerprint density at radius 3 is 2.89 bits per heavy atom. The number of nitrogens with two attached hydrogens (primary N) is 1. The van der Waals surface area contributed by atoms with E-state index in [2.05, 4.69) is 4.90 Å². The Bertz CT molecular complexity index is 446. The Kier molecular flexibility index (Phi) is 3.12. The maximum atomic E-state index is 13.1. The van der Waals surface area contributed by atoms with Gasteiger partial charge in [0.05, 0.1) is 0 Å². The first-order valence-electron chi connectivity index (χ1n) is 6.86. The highest BCUT2D eigenvalue weighted by Crippen LogP contribution is 2.37. The van der Waals surface area contributed by atoms with Crippen LogP contribution in [-0.2, 0) is 6.54 Å². The molecule has 3 heteroatoms. The molecule has 2 N–H and O–H groups in total. The van der Waals surface area contributed by atoms with Gasteiger partial charge in [0.2, 0.25) is 0 Å². The van der Waals surface area contributed by atoms with Gasteiger partial charge in [0.1, 0.15) is 5.82 Å². The van der Waals surface area contributed by atoms with E-state index in [1.165, 1.54) is 18.4 Å². The monoisotopic (exact) mass is 248 g/mol. The van der Waals surface area contributed by atoms with Crippen molar-refractivity contribution < 1.29 is 4.39 Å². The van der Waals surface area contributed by atoms with Crippen molar-refractivity contribution in [1.29, 1.82) is 0 Å². The van der Waals surface area contributed by atoms with Gasteiger partial charge in [-0.3, -0.25) is 4.90 Å². The number of hydrogen-bond acceptors (Lipinski definition) is 2. The summed E-state index contributed by atoms with van der Waals surface area (Å²) in [6.45, 7) is 5.20. The van der Waals surface area contributed by atoms with Gasteiger partial charge < -0.3 is 5.73 Å². The number of hydrogen-bond donors (Lipinski definition) is 1. The lowest BCUT2D eigenvalue weighted by molar-refractivity contribution is 0.297. The quantitative estimate of drug-likeness (QED) is 0.870. The largest absolute Gasteiger partial charge is 0.327 e. The Hall–Kier alpha value is -0.930. The van der Waals surface area contributed by atoms with Gasteiger partial charge in [0.15, 0.2) is 0 Å². The highest BCUT2D eigenvalue weighted by molar-refractivity contribution is 5.26. The second kappa shape index (κ2) is 4.63. The molecule has 1 aromatic rings. The summed E-state index contributed by atoms with van der Waals surface area (Å²) in [5.74, 6) is 1.34. The predicted molar refractivity (Wildman–Crippen MR) is 70.6 cm³/mol. The molecule has 18 heavy (non-hydrogen) atoms. The molecule has 1 aliphatic heterocycles. The normalized spacial score (nSPS) is 31.8. The molecule has 0 bridgehead atoms. The number of benzene rings is 1. The average Bonchev–Trinajstić information content (AvgIpc) is 2.86. The highest BCUT2D eigenvalue weighted by Gasteiger charge is 2.40. The lowest BCUT2D eigenvalue weighted by atomic mass is 9.98.